The molecular weight excluding hydrogens is 362 g/mol. The molecule has 0 amide bonds. The van der Waals surface area contributed by atoms with Crippen molar-refractivity contribution in [3.63, 3.8) is 0 Å². The molecule has 0 bridgehead atoms. The monoisotopic (exact) mass is 379 g/mol. The molecule has 4 aromatic rings. The quantitative estimate of drug-likeness (QED) is 0.553. The second-order valence-corrected chi connectivity index (χ2v) is 6.85. The van der Waals surface area contributed by atoms with Gasteiger partial charge in [0, 0.05) is 5.56 Å². The molecule has 0 aliphatic heterocycles. The van der Waals surface area contributed by atoms with Gasteiger partial charge in [-0.15, -0.1) is 5.10 Å². The number of aliphatic hydroxyl groups is 1. The zero-order valence-corrected chi connectivity index (χ0v) is 15.3. The average Bonchev–Trinajstić information content (AvgIpc) is 3.35. The lowest BCUT2D eigenvalue weighted by atomic mass is 10.1. The molecule has 0 saturated carbocycles. The topological polar surface area (TPSA) is 99.1 Å². The number of benzene rings is 2. The van der Waals surface area contributed by atoms with Crippen molar-refractivity contribution in [2.45, 2.75) is 6.61 Å². The van der Waals surface area contributed by atoms with Gasteiger partial charge in [-0.3, -0.25) is 0 Å². The Kier molecular flexibility index (Phi) is 4.57. The maximum absolute atomic E-state index is 9.12. The van der Waals surface area contributed by atoms with Crippen molar-refractivity contribution in [2.75, 3.05) is 12.8 Å². The molecule has 8 heteroatoms. The lowest BCUT2D eigenvalue weighted by Gasteiger charge is -2.06. The number of hydrogen-bond acceptors (Lipinski definition) is 7. The van der Waals surface area contributed by atoms with Crippen molar-refractivity contribution in [1.82, 2.24) is 20.0 Å². The highest BCUT2D eigenvalue weighted by Gasteiger charge is 2.14. The first-order valence-electron chi connectivity index (χ1n) is 8.21. The number of anilines is 1. The number of aliphatic hydroxyl groups excluding tert-OH is 1. The molecule has 2 aromatic carbocycles. The maximum Gasteiger partial charge on any atom is 0.181 e. The number of hydrogen-bond donors (Lipinski definition) is 2. The summed E-state index contributed by atoms with van der Waals surface area (Å²) in [6.45, 7) is -0.135. The standard InChI is InChI=1S/C19H17N5O2S/c1-26-16-8-4-12(5-9-16)17-18(27-19(20)21-17)13-2-6-15(7-3-13)24-10-14(11-25)22-23-24/h2-10,25H,11H2,1H3,(H2,20,21). The predicted octanol–water partition coefficient (Wildman–Crippen LogP) is 3.14. The van der Waals surface area contributed by atoms with Crippen molar-refractivity contribution in [3.05, 3.63) is 60.4 Å². The number of thiazole rings is 1. The summed E-state index contributed by atoms with van der Waals surface area (Å²) in [5.41, 5.74) is 10.2. The third-order valence-electron chi connectivity index (χ3n) is 4.10. The largest absolute Gasteiger partial charge is 0.497 e. The summed E-state index contributed by atoms with van der Waals surface area (Å²) in [6.07, 6.45) is 1.70. The Morgan fingerprint density at radius 2 is 1.78 bits per heavy atom. The van der Waals surface area contributed by atoms with Gasteiger partial charge in [-0.1, -0.05) is 28.7 Å². The lowest BCUT2D eigenvalue weighted by Crippen LogP contribution is -1.94. The highest BCUT2D eigenvalue weighted by Crippen LogP contribution is 2.38. The Morgan fingerprint density at radius 1 is 1.07 bits per heavy atom. The SMILES string of the molecule is COc1ccc(-c2nc(N)sc2-c2ccc(-n3cc(CO)nn3)cc2)cc1. The van der Waals surface area contributed by atoms with Crippen LogP contribution >= 0.6 is 11.3 Å². The van der Waals surface area contributed by atoms with E-state index < -0.39 is 0 Å². The van der Waals surface area contributed by atoms with E-state index in [4.69, 9.17) is 15.6 Å². The van der Waals surface area contributed by atoms with Crippen molar-refractivity contribution in [1.29, 1.82) is 0 Å². The summed E-state index contributed by atoms with van der Waals surface area (Å²) < 4.78 is 6.84. The highest BCUT2D eigenvalue weighted by atomic mass is 32.1. The highest BCUT2D eigenvalue weighted by molar-refractivity contribution is 7.19. The second-order valence-electron chi connectivity index (χ2n) is 5.82. The summed E-state index contributed by atoms with van der Waals surface area (Å²) in [6, 6.07) is 15.6. The van der Waals surface area contributed by atoms with E-state index in [0.717, 1.165) is 33.1 Å². The first-order valence-corrected chi connectivity index (χ1v) is 9.03. The molecule has 0 aliphatic carbocycles. The summed E-state index contributed by atoms with van der Waals surface area (Å²) in [7, 11) is 1.64. The fraction of sp³-hybridized carbons (Fsp3) is 0.105. The summed E-state index contributed by atoms with van der Waals surface area (Å²) in [4.78, 5) is 5.51. The van der Waals surface area contributed by atoms with Crippen molar-refractivity contribution < 1.29 is 9.84 Å². The van der Waals surface area contributed by atoms with E-state index in [2.05, 4.69) is 15.3 Å². The van der Waals surface area contributed by atoms with Gasteiger partial charge in [-0.25, -0.2) is 9.67 Å². The lowest BCUT2D eigenvalue weighted by molar-refractivity contribution is 0.276. The molecule has 0 aliphatic rings. The number of aromatic nitrogens is 4. The molecule has 7 nitrogen and oxygen atoms in total. The van der Waals surface area contributed by atoms with E-state index in [1.54, 1.807) is 18.0 Å². The molecule has 4 rings (SSSR count). The molecule has 27 heavy (non-hydrogen) atoms. The first-order chi connectivity index (χ1) is 13.2. The second kappa shape index (κ2) is 7.18. The summed E-state index contributed by atoms with van der Waals surface area (Å²) in [5.74, 6) is 0.794. The van der Waals surface area contributed by atoms with E-state index >= 15 is 0 Å². The Morgan fingerprint density at radius 3 is 2.41 bits per heavy atom. The van der Waals surface area contributed by atoms with Crippen LogP contribution in [-0.2, 0) is 6.61 Å². The zero-order valence-electron chi connectivity index (χ0n) is 14.5. The molecule has 0 fully saturated rings. The minimum atomic E-state index is -0.135. The van der Waals surface area contributed by atoms with Crippen molar-refractivity contribution in [3.8, 4) is 33.1 Å². The van der Waals surface area contributed by atoms with Gasteiger partial charge < -0.3 is 15.6 Å². The average molecular weight is 379 g/mol. The van der Waals surface area contributed by atoms with Crippen LogP contribution in [0.3, 0.4) is 0 Å². The molecule has 3 N–H and O–H groups in total. The Bertz CT molecular complexity index is 1050. The van der Waals surface area contributed by atoms with Gasteiger partial charge in [-0.2, -0.15) is 0 Å². The number of nitrogens with two attached hydrogens (primary N) is 1. The third-order valence-corrected chi connectivity index (χ3v) is 5.04. The first kappa shape index (κ1) is 17.2. The van der Waals surface area contributed by atoms with Crippen molar-refractivity contribution >= 4 is 16.5 Å². The summed E-state index contributed by atoms with van der Waals surface area (Å²) in [5, 5.41) is 17.5. The van der Waals surface area contributed by atoms with Crippen molar-refractivity contribution in [2.24, 2.45) is 0 Å². The fourth-order valence-electron chi connectivity index (χ4n) is 2.74. The maximum atomic E-state index is 9.12. The van der Waals surface area contributed by atoms with E-state index in [-0.39, 0.29) is 6.61 Å². The third kappa shape index (κ3) is 3.40. The minimum Gasteiger partial charge on any atom is -0.497 e. The Balaban J connectivity index is 1.69. The van der Waals surface area contributed by atoms with Crippen LogP contribution in [0.2, 0.25) is 0 Å². The minimum absolute atomic E-state index is 0.135. The zero-order chi connectivity index (χ0) is 18.8. The molecule has 0 atom stereocenters. The number of ether oxygens (including phenoxy) is 1. The van der Waals surface area contributed by atoms with Gasteiger partial charge in [0.2, 0.25) is 0 Å². The van der Waals surface area contributed by atoms with Crippen LogP contribution < -0.4 is 10.5 Å². The fourth-order valence-corrected chi connectivity index (χ4v) is 3.60. The van der Waals surface area contributed by atoms with Crippen LogP contribution in [0.5, 0.6) is 5.75 Å². The Labute approximate surface area is 159 Å². The van der Waals surface area contributed by atoms with E-state index in [0.29, 0.717) is 10.8 Å². The number of methoxy groups -OCH3 is 1. The summed E-state index contributed by atoms with van der Waals surface area (Å²) >= 11 is 1.45. The van der Waals surface area contributed by atoms with Crippen LogP contribution in [0, 0.1) is 0 Å². The van der Waals surface area contributed by atoms with Crippen LogP contribution in [0.4, 0.5) is 5.13 Å². The number of rotatable bonds is 5. The van der Waals surface area contributed by atoms with Crippen LogP contribution in [0.25, 0.3) is 27.4 Å². The predicted molar refractivity (Wildman–Crippen MR) is 105 cm³/mol. The molecule has 0 radical (unpaired) electrons. The molecule has 0 saturated heterocycles. The molecular formula is C19H17N5O2S. The van der Waals surface area contributed by atoms with Crippen LogP contribution in [0.15, 0.2) is 54.7 Å². The van der Waals surface area contributed by atoms with E-state index in [9.17, 15) is 0 Å². The van der Waals surface area contributed by atoms with Crippen LogP contribution in [-0.4, -0.2) is 32.2 Å². The van der Waals surface area contributed by atoms with Gasteiger partial charge in [-0.05, 0) is 42.0 Å². The molecule has 2 heterocycles. The Hall–Kier alpha value is -3.23. The molecule has 136 valence electrons. The van der Waals surface area contributed by atoms with Gasteiger partial charge in [0.1, 0.15) is 11.4 Å². The van der Waals surface area contributed by atoms with E-state index in [1.807, 2.05) is 48.5 Å². The molecule has 0 spiro atoms. The van der Waals surface area contributed by atoms with E-state index in [1.165, 1.54) is 11.3 Å². The van der Waals surface area contributed by atoms with Gasteiger partial charge in [0.05, 0.1) is 36.2 Å². The molecule has 0 unspecified atom stereocenters. The normalized spacial score (nSPS) is 10.9. The van der Waals surface area contributed by atoms with Gasteiger partial charge in [0.15, 0.2) is 5.13 Å². The molecule has 2 aromatic heterocycles. The van der Waals surface area contributed by atoms with Gasteiger partial charge in [0.25, 0.3) is 0 Å². The number of nitrogens with zero attached hydrogens (tertiary/aromatic N) is 4. The van der Waals surface area contributed by atoms with Crippen LogP contribution in [0.1, 0.15) is 5.69 Å². The van der Waals surface area contributed by atoms with Gasteiger partial charge >= 0.3 is 0 Å². The smallest absolute Gasteiger partial charge is 0.181 e. The number of nitrogen functional groups attached to an aromatic ring is 1.